The molecule has 0 aliphatic rings. The molecule has 0 saturated heterocycles. The van der Waals surface area contributed by atoms with Gasteiger partial charge in [0, 0.05) is 12.5 Å². The number of carbonyl (C=O) groups is 2. The second kappa shape index (κ2) is 6.74. The third-order valence-corrected chi connectivity index (χ3v) is 2.33. The van der Waals surface area contributed by atoms with Gasteiger partial charge in [-0.2, -0.15) is 0 Å². The van der Waals surface area contributed by atoms with Crippen LogP contribution in [0.15, 0.2) is 24.3 Å². The van der Waals surface area contributed by atoms with E-state index < -0.39 is 12.6 Å². The Labute approximate surface area is 106 Å². The van der Waals surface area contributed by atoms with Gasteiger partial charge in [-0.1, -0.05) is 26.0 Å². The number of hydrogen-bond donors (Lipinski definition) is 2. The van der Waals surface area contributed by atoms with Crippen molar-refractivity contribution < 1.29 is 14.0 Å². The highest BCUT2D eigenvalue weighted by atomic mass is 19.1. The van der Waals surface area contributed by atoms with Crippen LogP contribution in [0, 0.1) is 5.92 Å². The molecule has 1 aromatic carbocycles. The highest BCUT2D eigenvalue weighted by Gasteiger charge is 2.14. The summed E-state index contributed by atoms with van der Waals surface area (Å²) in [7, 11) is 0. The summed E-state index contributed by atoms with van der Waals surface area (Å²) in [4.78, 5) is 23.3. The minimum absolute atomic E-state index is 0.0364. The molecule has 2 N–H and O–H groups in total. The van der Waals surface area contributed by atoms with E-state index in [9.17, 15) is 14.0 Å². The van der Waals surface area contributed by atoms with Crippen LogP contribution in [0.2, 0.25) is 0 Å². The summed E-state index contributed by atoms with van der Waals surface area (Å²) in [6.45, 7) is 2.87. The average molecular weight is 252 g/mol. The first-order valence-corrected chi connectivity index (χ1v) is 5.80. The van der Waals surface area contributed by atoms with Crippen LogP contribution >= 0.6 is 0 Å². The first-order valence-electron chi connectivity index (χ1n) is 5.80. The normalized spacial score (nSPS) is 10.2. The minimum atomic E-state index is -0.619. The van der Waals surface area contributed by atoms with Gasteiger partial charge in [0.2, 0.25) is 5.91 Å². The van der Waals surface area contributed by atoms with Crippen molar-refractivity contribution in [2.24, 2.45) is 5.92 Å². The van der Waals surface area contributed by atoms with E-state index in [0.29, 0.717) is 11.3 Å². The fraction of sp³-hybridized carbons (Fsp3) is 0.385. The zero-order valence-corrected chi connectivity index (χ0v) is 10.5. The molecule has 0 atom stereocenters. The zero-order chi connectivity index (χ0) is 13.5. The van der Waals surface area contributed by atoms with Gasteiger partial charge in [0.05, 0.1) is 11.3 Å². The Hall–Kier alpha value is -1.91. The van der Waals surface area contributed by atoms with Gasteiger partial charge in [-0.25, -0.2) is 4.39 Å². The van der Waals surface area contributed by atoms with Crippen molar-refractivity contribution in [1.82, 2.24) is 5.32 Å². The number of rotatable bonds is 5. The molecule has 5 heteroatoms. The van der Waals surface area contributed by atoms with Gasteiger partial charge in [0.25, 0.3) is 5.91 Å². The smallest absolute Gasteiger partial charge is 0.253 e. The van der Waals surface area contributed by atoms with Crippen LogP contribution < -0.4 is 10.6 Å². The predicted molar refractivity (Wildman–Crippen MR) is 68.2 cm³/mol. The van der Waals surface area contributed by atoms with Crippen molar-refractivity contribution in [3.05, 3.63) is 29.8 Å². The number of para-hydroxylation sites is 1. The molecular formula is C13H17FN2O2. The Morgan fingerprint density at radius 2 is 1.94 bits per heavy atom. The van der Waals surface area contributed by atoms with Crippen molar-refractivity contribution in [3.8, 4) is 0 Å². The number of alkyl halides is 1. The van der Waals surface area contributed by atoms with Crippen molar-refractivity contribution in [2.75, 3.05) is 18.5 Å². The molecule has 0 heterocycles. The lowest BCUT2D eigenvalue weighted by Gasteiger charge is -2.12. The number of hydrogen-bond acceptors (Lipinski definition) is 2. The van der Waals surface area contributed by atoms with Crippen LogP contribution in [-0.2, 0) is 4.79 Å². The lowest BCUT2D eigenvalue weighted by atomic mass is 10.1. The maximum Gasteiger partial charge on any atom is 0.253 e. The number of benzene rings is 1. The largest absolute Gasteiger partial charge is 0.349 e. The minimum Gasteiger partial charge on any atom is -0.349 e. The van der Waals surface area contributed by atoms with Crippen molar-refractivity contribution in [3.63, 3.8) is 0 Å². The van der Waals surface area contributed by atoms with Crippen molar-refractivity contribution in [1.29, 1.82) is 0 Å². The second-order valence-corrected chi connectivity index (χ2v) is 4.13. The van der Waals surface area contributed by atoms with E-state index in [1.54, 1.807) is 38.1 Å². The molecule has 0 bridgehead atoms. The van der Waals surface area contributed by atoms with Gasteiger partial charge in [-0.3, -0.25) is 9.59 Å². The Kier molecular flexibility index (Phi) is 5.30. The number of carbonyl (C=O) groups excluding carboxylic acids is 2. The number of anilines is 1. The van der Waals surface area contributed by atoms with E-state index in [2.05, 4.69) is 10.6 Å². The summed E-state index contributed by atoms with van der Waals surface area (Å²) < 4.78 is 12.0. The SMILES string of the molecule is CC(C)C(=O)Nc1ccccc1C(=O)NCCF. The van der Waals surface area contributed by atoms with Crippen molar-refractivity contribution >= 4 is 17.5 Å². The maximum atomic E-state index is 12.0. The third-order valence-electron chi connectivity index (χ3n) is 2.33. The van der Waals surface area contributed by atoms with Gasteiger partial charge in [0.1, 0.15) is 6.67 Å². The highest BCUT2D eigenvalue weighted by molar-refractivity contribution is 6.04. The Morgan fingerprint density at radius 1 is 1.28 bits per heavy atom. The van der Waals surface area contributed by atoms with Crippen LogP contribution in [0.4, 0.5) is 10.1 Å². The maximum absolute atomic E-state index is 12.0. The fourth-order valence-corrected chi connectivity index (χ4v) is 1.32. The number of halogens is 1. The van der Waals surface area contributed by atoms with E-state index in [1.807, 2.05) is 0 Å². The average Bonchev–Trinajstić information content (AvgIpc) is 2.36. The molecule has 1 rings (SSSR count). The van der Waals surface area contributed by atoms with E-state index in [0.717, 1.165) is 0 Å². The van der Waals surface area contributed by atoms with Crippen LogP contribution in [-0.4, -0.2) is 25.0 Å². The van der Waals surface area contributed by atoms with E-state index in [-0.39, 0.29) is 18.4 Å². The summed E-state index contributed by atoms with van der Waals surface area (Å²) in [6, 6.07) is 6.64. The quantitative estimate of drug-likeness (QED) is 0.841. The zero-order valence-electron chi connectivity index (χ0n) is 10.5. The number of nitrogens with one attached hydrogen (secondary N) is 2. The summed E-state index contributed by atoms with van der Waals surface area (Å²) >= 11 is 0. The molecule has 98 valence electrons. The van der Waals surface area contributed by atoms with E-state index >= 15 is 0 Å². The Morgan fingerprint density at radius 3 is 2.56 bits per heavy atom. The Bertz CT molecular complexity index is 433. The monoisotopic (exact) mass is 252 g/mol. The molecule has 0 unspecified atom stereocenters. The molecule has 0 aromatic heterocycles. The molecule has 1 aromatic rings. The lowest BCUT2D eigenvalue weighted by molar-refractivity contribution is -0.118. The molecule has 0 fully saturated rings. The van der Waals surface area contributed by atoms with Gasteiger partial charge < -0.3 is 10.6 Å². The lowest BCUT2D eigenvalue weighted by Crippen LogP contribution is -2.27. The van der Waals surface area contributed by atoms with Gasteiger partial charge in [-0.15, -0.1) is 0 Å². The van der Waals surface area contributed by atoms with E-state index in [4.69, 9.17) is 0 Å². The van der Waals surface area contributed by atoms with Gasteiger partial charge in [0.15, 0.2) is 0 Å². The molecule has 18 heavy (non-hydrogen) atoms. The molecule has 4 nitrogen and oxygen atoms in total. The molecule has 0 aliphatic heterocycles. The summed E-state index contributed by atoms with van der Waals surface area (Å²) in [5, 5.41) is 5.10. The molecule has 0 aliphatic carbocycles. The summed E-state index contributed by atoms with van der Waals surface area (Å²) in [5.74, 6) is -0.736. The van der Waals surface area contributed by atoms with Gasteiger partial charge >= 0.3 is 0 Å². The van der Waals surface area contributed by atoms with Gasteiger partial charge in [-0.05, 0) is 12.1 Å². The highest BCUT2D eigenvalue weighted by Crippen LogP contribution is 2.15. The molecule has 2 amide bonds. The fourth-order valence-electron chi connectivity index (χ4n) is 1.32. The first-order chi connectivity index (χ1) is 8.56. The summed E-state index contributed by atoms with van der Waals surface area (Å²) in [5.41, 5.74) is 0.771. The molecule has 0 spiro atoms. The third kappa shape index (κ3) is 3.84. The predicted octanol–water partition coefficient (Wildman–Crippen LogP) is 1.98. The topological polar surface area (TPSA) is 58.2 Å². The molecule has 0 radical (unpaired) electrons. The standard InChI is InChI=1S/C13H17FN2O2/c1-9(2)12(17)16-11-6-4-3-5-10(11)13(18)15-8-7-14/h3-6,9H,7-8H2,1-2H3,(H,15,18)(H,16,17). The molecular weight excluding hydrogens is 235 g/mol. The second-order valence-electron chi connectivity index (χ2n) is 4.13. The number of amides is 2. The van der Waals surface area contributed by atoms with Crippen LogP contribution in [0.5, 0.6) is 0 Å². The van der Waals surface area contributed by atoms with Crippen LogP contribution in [0.1, 0.15) is 24.2 Å². The molecule has 0 saturated carbocycles. The first kappa shape index (κ1) is 14.2. The van der Waals surface area contributed by atoms with Crippen LogP contribution in [0.25, 0.3) is 0 Å². The van der Waals surface area contributed by atoms with E-state index in [1.165, 1.54) is 0 Å². The Balaban J connectivity index is 2.85. The summed E-state index contributed by atoms with van der Waals surface area (Å²) in [6.07, 6.45) is 0. The van der Waals surface area contributed by atoms with Crippen LogP contribution in [0.3, 0.4) is 0 Å². The van der Waals surface area contributed by atoms with Crippen molar-refractivity contribution in [2.45, 2.75) is 13.8 Å².